The fraction of sp³-hybridized carbons (Fsp3) is 0.391. The van der Waals surface area contributed by atoms with E-state index < -0.39 is 0 Å². The van der Waals surface area contributed by atoms with Gasteiger partial charge in [-0.1, -0.05) is 74.9 Å². The Bertz CT molecular complexity index is 826. The summed E-state index contributed by atoms with van der Waals surface area (Å²) in [6.07, 6.45) is 5.74. The third-order valence-electron chi connectivity index (χ3n) is 4.54. The molecule has 3 rings (SSSR count). The molecule has 0 atom stereocenters. The van der Waals surface area contributed by atoms with Crippen LogP contribution in [-0.2, 0) is 28.3 Å². The van der Waals surface area contributed by atoms with E-state index in [4.69, 9.17) is 5.32 Å². The molecule has 136 valence electrons. The SMILES string of the molecule is CN(C)CC1=CCC(c2ccc3ccccc3c2C[N-]C(C)(C)C)=C1.[Ti]. The van der Waals surface area contributed by atoms with Gasteiger partial charge in [-0.15, -0.1) is 12.1 Å². The molecule has 1 aliphatic rings. The van der Waals surface area contributed by atoms with Crippen LogP contribution in [0.5, 0.6) is 0 Å². The predicted octanol–water partition coefficient (Wildman–Crippen LogP) is 5.78. The molecule has 3 heteroatoms. The van der Waals surface area contributed by atoms with Crippen molar-refractivity contribution in [3.8, 4) is 0 Å². The van der Waals surface area contributed by atoms with E-state index in [0.29, 0.717) is 0 Å². The van der Waals surface area contributed by atoms with Crippen LogP contribution in [0.2, 0.25) is 0 Å². The van der Waals surface area contributed by atoms with Crippen LogP contribution in [0.3, 0.4) is 0 Å². The largest absolute Gasteiger partial charge is 0.654 e. The summed E-state index contributed by atoms with van der Waals surface area (Å²) in [5.74, 6) is 0. The van der Waals surface area contributed by atoms with E-state index in [9.17, 15) is 0 Å². The zero-order chi connectivity index (χ0) is 18.0. The molecule has 0 radical (unpaired) electrons. The molecule has 2 aromatic carbocycles. The maximum atomic E-state index is 4.92. The van der Waals surface area contributed by atoms with Gasteiger partial charge in [-0.3, -0.25) is 0 Å². The first kappa shape index (κ1) is 21.1. The molecule has 0 amide bonds. The molecule has 0 saturated heterocycles. The number of hydrogen-bond donors (Lipinski definition) is 0. The van der Waals surface area contributed by atoms with E-state index in [1.807, 2.05) is 0 Å². The molecule has 0 heterocycles. The Labute approximate surface area is 173 Å². The summed E-state index contributed by atoms with van der Waals surface area (Å²) >= 11 is 0. The van der Waals surface area contributed by atoms with E-state index in [1.54, 1.807) is 0 Å². The van der Waals surface area contributed by atoms with Gasteiger partial charge in [-0.25, -0.2) is 0 Å². The second-order valence-corrected chi connectivity index (χ2v) is 8.19. The summed E-state index contributed by atoms with van der Waals surface area (Å²) < 4.78 is 0. The minimum atomic E-state index is -0.0212. The van der Waals surface area contributed by atoms with E-state index in [0.717, 1.165) is 19.5 Å². The van der Waals surface area contributed by atoms with Crippen molar-refractivity contribution in [1.29, 1.82) is 0 Å². The Morgan fingerprint density at radius 2 is 1.77 bits per heavy atom. The number of hydrogen-bond acceptors (Lipinski definition) is 1. The normalized spacial score (nSPS) is 14.4. The minimum Gasteiger partial charge on any atom is -0.654 e. The average Bonchev–Trinajstić information content (AvgIpc) is 2.99. The molecule has 0 bridgehead atoms. The van der Waals surface area contributed by atoms with Crippen LogP contribution in [-0.4, -0.2) is 31.1 Å². The standard InChI is InChI=1S/C23H29N2.Ti/c1-23(2,3)24-15-22-20-9-7-6-8-18(20)12-13-21(22)19-11-10-17(14-19)16-25(4)5;/h6-10,12-14H,11,15-16H2,1-5H3;/q-1;. The fourth-order valence-electron chi connectivity index (χ4n) is 3.37. The Morgan fingerprint density at radius 3 is 2.46 bits per heavy atom. The molecular formula is C23H29N2Ti-. The Morgan fingerprint density at radius 1 is 1.04 bits per heavy atom. The topological polar surface area (TPSA) is 17.3 Å². The molecule has 0 aromatic heterocycles. The van der Waals surface area contributed by atoms with E-state index in [1.165, 1.54) is 33.0 Å². The van der Waals surface area contributed by atoms with Crippen LogP contribution < -0.4 is 0 Å². The van der Waals surface area contributed by atoms with Crippen molar-refractivity contribution >= 4 is 16.3 Å². The molecule has 0 fully saturated rings. The summed E-state index contributed by atoms with van der Waals surface area (Å²) in [6.45, 7) is 8.27. The minimum absolute atomic E-state index is 0. The van der Waals surface area contributed by atoms with Gasteiger partial charge >= 0.3 is 0 Å². The second kappa shape index (κ2) is 8.67. The molecule has 2 aromatic rings. The average molecular weight is 381 g/mol. The molecule has 2 nitrogen and oxygen atoms in total. The Balaban J connectivity index is 0.00000243. The molecule has 0 aliphatic heterocycles. The van der Waals surface area contributed by atoms with E-state index in [2.05, 4.69) is 88.3 Å². The summed E-state index contributed by atoms with van der Waals surface area (Å²) in [6, 6.07) is 13.2. The molecule has 26 heavy (non-hydrogen) atoms. The molecule has 0 N–H and O–H groups in total. The van der Waals surface area contributed by atoms with Crippen molar-refractivity contribution in [1.82, 2.24) is 4.90 Å². The number of fused-ring (bicyclic) bond motifs is 1. The smallest absolute Gasteiger partial charge is 0.0224 e. The third kappa shape index (κ3) is 5.17. The maximum absolute atomic E-state index is 4.92. The Hall–Kier alpha value is -1.19. The molecule has 1 aliphatic carbocycles. The van der Waals surface area contributed by atoms with Crippen molar-refractivity contribution in [3.63, 3.8) is 0 Å². The van der Waals surface area contributed by atoms with Gasteiger partial charge in [-0.2, -0.15) is 0 Å². The second-order valence-electron chi connectivity index (χ2n) is 8.19. The van der Waals surface area contributed by atoms with Crippen LogP contribution >= 0.6 is 0 Å². The first-order chi connectivity index (χ1) is 11.8. The Kier molecular flexibility index (Phi) is 7.04. The van der Waals surface area contributed by atoms with Crippen LogP contribution in [0.15, 0.2) is 54.1 Å². The van der Waals surface area contributed by atoms with Gasteiger partial charge in [-0.05, 0) is 48.0 Å². The van der Waals surface area contributed by atoms with Gasteiger partial charge in [0.1, 0.15) is 0 Å². The van der Waals surface area contributed by atoms with Gasteiger partial charge in [0.05, 0.1) is 0 Å². The fourth-order valence-corrected chi connectivity index (χ4v) is 3.37. The van der Waals surface area contributed by atoms with Gasteiger partial charge in [0.15, 0.2) is 0 Å². The summed E-state index contributed by atoms with van der Waals surface area (Å²) in [5.41, 5.74) is 5.52. The first-order valence-corrected chi connectivity index (χ1v) is 9.07. The van der Waals surface area contributed by atoms with Crippen LogP contribution in [0, 0.1) is 0 Å². The summed E-state index contributed by atoms with van der Waals surface area (Å²) in [5, 5.41) is 7.55. The van der Waals surface area contributed by atoms with Crippen molar-refractivity contribution in [3.05, 3.63) is 70.6 Å². The van der Waals surface area contributed by atoms with Gasteiger partial charge in [0.25, 0.3) is 0 Å². The molecule has 0 spiro atoms. The number of likely N-dealkylation sites (N-methyl/N-ethyl adjacent to an activating group) is 1. The van der Waals surface area contributed by atoms with Crippen LogP contribution in [0.1, 0.15) is 38.3 Å². The van der Waals surface area contributed by atoms with Crippen LogP contribution in [0.4, 0.5) is 0 Å². The number of benzene rings is 2. The van der Waals surface area contributed by atoms with E-state index in [-0.39, 0.29) is 27.3 Å². The summed E-state index contributed by atoms with van der Waals surface area (Å²) in [4.78, 5) is 2.22. The van der Waals surface area contributed by atoms with Gasteiger partial charge in [0.2, 0.25) is 0 Å². The zero-order valence-corrected chi connectivity index (χ0v) is 18.2. The number of nitrogens with zero attached hydrogens (tertiary/aromatic N) is 2. The van der Waals surface area contributed by atoms with Gasteiger partial charge < -0.3 is 10.2 Å². The zero-order valence-electron chi connectivity index (χ0n) is 16.6. The van der Waals surface area contributed by atoms with Gasteiger partial charge in [0, 0.05) is 28.3 Å². The number of allylic oxidation sites excluding steroid dienone is 2. The number of rotatable bonds is 5. The van der Waals surface area contributed by atoms with Crippen molar-refractivity contribution in [2.45, 2.75) is 39.3 Å². The van der Waals surface area contributed by atoms with E-state index >= 15 is 0 Å². The van der Waals surface area contributed by atoms with Crippen molar-refractivity contribution in [2.75, 3.05) is 20.6 Å². The van der Waals surface area contributed by atoms with Crippen LogP contribution in [0.25, 0.3) is 21.7 Å². The third-order valence-corrected chi connectivity index (χ3v) is 4.54. The maximum Gasteiger partial charge on any atom is 0.0224 e. The molecule has 0 unspecified atom stereocenters. The predicted molar refractivity (Wildman–Crippen MR) is 110 cm³/mol. The quantitative estimate of drug-likeness (QED) is 0.600. The molecular weight excluding hydrogens is 352 g/mol. The monoisotopic (exact) mass is 381 g/mol. The first-order valence-electron chi connectivity index (χ1n) is 9.07. The van der Waals surface area contributed by atoms with Crippen molar-refractivity contribution in [2.24, 2.45) is 0 Å². The van der Waals surface area contributed by atoms with Crippen molar-refractivity contribution < 1.29 is 21.7 Å². The summed E-state index contributed by atoms with van der Waals surface area (Å²) in [7, 11) is 4.24. The molecule has 0 saturated carbocycles.